The van der Waals surface area contributed by atoms with Crippen LogP contribution in [0.15, 0.2) is 42.5 Å². The molecule has 0 spiro atoms. The van der Waals surface area contributed by atoms with E-state index in [0.29, 0.717) is 16.9 Å². The Hall–Kier alpha value is -3.43. The third-order valence-corrected chi connectivity index (χ3v) is 6.16. The van der Waals surface area contributed by atoms with Crippen LogP contribution >= 0.6 is 0 Å². The number of rotatable bonds is 5. The molecule has 0 atom stereocenters. The van der Waals surface area contributed by atoms with Gasteiger partial charge in [-0.2, -0.15) is 0 Å². The van der Waals surface area contributed by atoms with Gasteiger partial charge in [0.1, 0.15) is 0 Å². The molecule has 2 heterocycles. The molecule has 1 amide bonds. The van der Waals surface area contributed by atoms with Crippen LogP contribution in [0, 0.1) is 25.2 Å². The van der Waals surface area contributed by atoms with Gasteiger partial charge in [0.05, 0.1) is 11.4 Å². The summed E-state index contributed by atoms with van der Waals surface area (Å²) in [6.45, 7) is 5.13. The SMILES string of the molecule is C#Cc1cccc(NC(=O)c2nnn(-c3cccc4c3CCN(CC3CC3)C4)c2C)c1. The summed E-state index contributed by atoms with van der Waals surface area (Å²) in [6, 6.07) is 13.5. The van der Waals surface area contributed by atoms with Gasteiger partial charge in [-0.15, -0.1) is 11.5 Å². The molecular formula is C25H25N5O. The monoisotopic (exact) mass is 411 g/mol. The number of aromatic nitrogens is 3. The van der Waals surface area contributed by atoms with Gasteiger partial charge in [0.25, 0.3) is 5.91 Å². The van der Waals surface area contributed by atoms with E-state index in [2.05, 4.69) is 44.6 Å². The maximum atomic E-state index is 12.8. The van der Waals surface area contributed by atoms with Crippen molar-refractivity contribution < 1.29 is 4.79 Å². The summed E-state index contributed by atoms with van der Waals surface area (Å²) in [5.41, 5.74) is 6.05. The zero-order valence-corrected chi connectivity index (χ0v) is 17.6. The number of nitrogens with zero attached hydrogens (tertiary/aromatic N) is 4. The lowest BCUT2D eigenvalue weighted by atomic mass is 9.97. The van der Waals surface area contributed by atoms with Crippen molar-refractivity contribution >= 4 is 11.6 Å². The van der Waals surface area contributed by atoms with E-state index in [0.717, 1.165) is 36.8 Å². The fraction of sp³-hybridized carbons (Fsp3) is 0.320. The maximum Gasteiger partial charge on any atom is 0.278 e. The Kier molecular flexibility index (Phi) is 5.05. The fourth-order valence-electron chi connectivity index (χ4n) is 4.31. The standard InChI is InChI=1S/C25H25N5O/c1-3-18-6-4-8-21(14-18)26-25(31)24-17(2)30(28-27-24)23-9-5-7-20-16-29(13-12-22(20)23)15-19-10-11-19/h1,4-9,14,19H,10-13,15-16H2,2H3,(H,26,31). The molecule has 156 valence electrons. The van der Waals surface area contributed by atoms with Crippen LogP contribution in [0.2, 0.25) is 0 Å². The van der Waals surface area contributed by atoms with E-state index < -0.39 is 0 Å². The van der Waals surface area contributed by atoms with Crippen molar-refractivity contribution in [2.75, 3.05) is 18.4 Å². The molecule has 0 saturated heterocycles. The van der Waals surface area contributed by atoms with E-state index in [1.807, 2.05) is 19.1 Å². The summed E-state index contributed by atoms with van der Waals surface area (Å²) in [5, 5.41) is 11.4. The first-order valence-corrected chi connectivity index (χ1v) is 10.8. The molecule has 1 aliphatic carbocycles. The molecule has 6 heteroatoms. The molecule has 0 unspecified atom stereocenters. The second-order valence-electron chi connectivity index (χ2n) is 8.46. The highest BCUT2D eigenvalue weighted by atomic mass is 16.2. The van der Waals surface area contributed by atoms with Crippen molar-refractivity contribution in [1.29, 1.82) is 0 Å². The first kappa shape index (κ1) is 19.5. The molecule has 1 aliphatic heterocycles. The molecule has 2 aliphatic rings. The van der Waals surface area contributed by atoms with E-state index in [4.69, 9.17) is 6.42 Å². The van der Waals surface area contributed by atoms with Gasteiger partial charge in [-0.25, -0.2) is 4.68 Å². The van der Waals surface area contributed by atoms with Gasteiger partial charge in [0.15, 0.2) is 5.69 Å². The smallest absolute Gasteiger partial charge is 0.278 e. The minimum Gasteiger partial charge on any atom is -0.320 e. The average Bonchev–Trinajstić information content (AvgIpc) is 3.52. The topological polar surface area (TPSA) is 63.1 Å². The molecule has 0 radical (unpaired) electrons. The van der Waals surface area contributed by atoms with Gasteiger partial charge in [-0.3, -0.25) is 9.69 Å². The molecule has 1 fully saturated rings. The predicted octanol–water partition coefficient (Wildman–Crippen LogP) is 3.58. The molecule has 1 saturated carbocycles. The van der Waals surface area contributed by atoms with Crippen molar-refractivity contribution in [3.8, 4) is 18.0 Å². The molecule has 1 aromatic heterocycles. The summed E-state index contributed by atoms with van der Waals surface area (Å²) in [5.74, 6) is 3.18. The van der Waals surface area contributed by atoms with Crippen LogP contribution in [0.25, 0.3) is 5.69 Å². The quantitative estimate of drug-likeness (QED) is 0.652. The zero-order valence-electron chi connectivity index (χ0n) is 17.6. The van der Waals surface area contributed by atoms with E-state index in [-0.39, 0.29) is 5.91 Å². The second kappa shape index (κ2) is 8.01. The Labute approximate surface area is 182 Å². The van der Waals surface area contributed by atoms with Crippen LogP contribution in [-0.4, -0.2) is 38.9 Å². The van der Waals surface area contributed by atoms with E-state index >= 15 is 0 Å². The average molecular weight is 412 g/mol. The van der Waals surface area contributed by atoms with Crippen LogP contribution in [0.1, 0.15) is 45.7 Å². The Morgan fingerprint density at radius 3 is 2.90 bits per heavy atom. The lowest BCUT2D eigenvalue weighted by molar-refractivity contribution is 0.102. The number of fused-ring (bicyclic) bond motifs is 1. The van der Waals surface area contributed by atoms with Crippen LogP contribution in [0.3, 0.4) is 0 Å². The summed E-state index contributed by atoms with van der Waals surface area (Å²) in [7, 11) is 0. The third-order valence-electron chi connectivity index (χ3n) is 6.16. The Bertz CT molecular complexity index is 1180. The van der Waals surface area contributed by atoms with Crippen molar-refractivity contribution in [2.45, 2.75) is 32.7 Å². The Balaban J connectivity index is 1.39. The fourth-order valence-corrected chi connectivity index (χ4v) is 4.31. The number of terminal acetylenes is 1. The van der Waals surface area contributed by atoms with Crippen LogP contribution in [0.4, 0.5) is 5.69 Å². The number of carbonyl (C=O) groups is 1. The molecule has 3 aromatic rings. The summed E-state index contributed by atoms with van der Waals surface area (Å²) in [4.78, 5) is 15.4. The molecule has 31 heavy (non-hydrogen) atoms. The molecule has 6 nitrogen and oxygen atoms in total. The second-order valence-corrected chi connectivity index (χ2v) is 8.46. The Morgan fingerprint density at radius 1 is 1.26 bits per heavy atom. The third kappa shape index (κ3) is 3.97. The minimum absolute atomic E-state index is 0.293. The van der Waals surface area contributed by atoms with Crippen LogP contribution in [-0.2, 0) is 13.0 Å². The normalized spacial score (nSPS) is 15.9. The maximum absolute atomic E-state index is 12.8. The number of hydrogen-bond acceptors (Lipinski definition) is 4. The highest BCUT2D eigenvalue weighted by molar-refractivity contribution is 6.03. The molecule has 0 bridgehead atoms. The van der Waals surface area contributed by atoms with E-state index in [1.165, 1.54) is 30.5 Å². The predicted molar refractivity (Wildman–Crippen MR) is 120 cm³/mol. The van der Waals surface area contributed by atoms with E-state index in [1.54, 1.807) is 16.8 Å². The number of amides is 1. The molecule has 5 rings (SSSR count). The molecule has 1 N–H and O–H groups in total. The van der Waals surface area contributed by atoms with Gasteiger partial charge in [-0.1, -0.05) is 29.3 Å². The van der Waals surface area contributed by atoms with Gasteiger partial charge < -0.3 is 5.32 Å². The first-order chi connectivity index (χ1) is 15.1. The van der Waals surface area contributed by atoms with Crippen molar-refractivity contribution in [3.63, 3.8) is 0 Å². The molecular weight excluding hydrogens is 386 g/mol. The Morgan fingerprint density at radius 2 is 2.10 bits per heavy atom. The highest BCUT2D eigenvalue weighted by Gasteiger charge is 2.28. The number of nitrogens with one attached hydrogen (secondary N) is 1. The number of anilines is 1. The van der Waals surface area contributed by atoms with Crippen molar-refractivity contribution in [2.24, 2.45) is 5.92 Å². The summed E-state index contributed by atoms with van der Waals surface area (Å²) < 4.78 is 1.79. The number of benzene rings is 2. The lowest BCUT2D eigenvalue weighted by Gasteiger charge is -2.30. The summed E-state index contributed by atoms with van der Waals surface area (Å²) >= 11 is 0. The van der Waals surface area contributed by atoms with Gasteiger partial charge in [0, 0.05) is 30.9 Å². The van der Waals surface area contributed by atoms with Crippen molar-refractivity contribution in [1.82, 2.24) is 19.9 Å². The lowest BCUT2D eigenvalue weighted by Crippen LogP contribution is -2.32. The molecule has 2 aromatic carbocycles. The first-order valence-electron chi connectivity index (χ1n) is 10.8. The minimum atomic E-state index is -0.293. The largest absolute Gasteiger partial charge is 0.320 e. The van der Waals surface area contributed by atoms with E-state index in [9.17, 15) is 4.79 Å². The number of hydrogen-bond donors (Lipinski definition) is 1. The van der Waals surface area contributed by atoms with Gasteiger partial charge in [-0.05, 0) is 67.5 Å². The van der Waals surface area contributed by atoms with Gasteiger partial charge >= 0.3 is 0 Å². The van der Waals surface area contributed by atoms with Crippen LogP contribution in [0.5, 0.6) is 0 Å². The summed E-state index contributed by atoms with van der Waals surface area (Å²) in [6.07, 6.45) is 9.18. The highest BCUT2D eigenvalue weighted by Crippen LogP contribution is 2.32. The zero-order chi connectivity index (χ0) is 21.4. The van der Waals surface area contributed by atoms with Crippen LogP contribution < -0.4 is 5.32 Å². The van der Waals surface area contributed by atoms with Gasteiger partial charge in [0.2, 0.25) is 0 Å². The van der Waals surface area contributed by atoms with Crippen molar-refractivity contribution in [3.05, 3.63) is 70.5 Å². The number of carbonyl (C=O) groups excluding carboxylic acids is 1.